The van der Waals surface area contributed by atoms with E-state index in [9.17, 15) is 13.2 Å². The number of alkyl halides is 3. The molecule has 0 atom stereocenters. The van der Waals surface area contributed by atoms with Crippen LogP contribution >= 0.6 is 0 Å². The lowest BCUT2D eigenvalue weighted by molar-refractivity contribution is -0.137. The molecule has 8 aromatic carbocycles. The molecule has 11 rings (SSSR count). The second-order valence-corrected chi connectivity index (χ2v) is 15.3. The molecule has 3 aromatic heterocycles. The number of hydrogen-bond donors (Lipinski definition) is 0. The Labute approximate surface area is 348 Å². The van der Waals surface area contributed by atoms with E-state index in [1.807, 2.05) is 122 Å². The Morgan fingerprint density at radius 2 is 1.08 bits per heavy atom. The number of nitrogens with zero attached hydrogens (tertiary/aromatic N) is 3. The minimum Gasteiger partial charge on any atom is -0.455 e. The van der Waals surface area contributed by atoms with Gasteiger partial charge in [-0.05, 0) is 72.6 Å². The van der Waals surface area contributed by atoms with Crippen LogP contribution in [-0.4, -0.2) is 14.5 Å². The predicted molar refractivity (Wildman–Crippen MR) is 241 cm³/mol. The van der Waals surface area contributed by atoms with Crippen molar-refractivity contribution in [3.05, 3.63) is 199 Å². The van der Waals surface area contributed by atoms with E-state index in [-0.39, 0.29) is 0 Å². The summed E-state index contributed by atoms with van der Waals surface area (Å²) in [6, 6.07) is 60.0. The predicted octanol–water partition coefficient (Wildman–Crippen LogP) is 15.1. The van der Waals surface area contributed by atoms with E-state index >= 15 is 0 Å². The summed E-state index contributed by atoms with van der Waals surface area (Å²) in [6.45, 7) is 2.04. The first kappa shape index (κ1) is 36.3. The highest BCUT2D eigenvalue weighted by molar-refractivity contribution is 6.24. The SMILES string of the molecule is Cc1cccc(-c2cc(-c3cc(-c4ccccc4)nc(-c4ccccc4)n3)cc(-c3cccc(C(F)(F)F)c3)c2-n2c3ccccc3c3c4oc5ccccc5c4ccc32)c1. The van der Waals surface area contributed by atoms with Crippen LogP contribution in [0.3, 0.4) is 0 Å². The molecule has 0 radical (unpaired) electrons. The molecule has 0 unspecified atom stereocenters. The molecule has 0 bridgehead atoms. The lowest BCUT2D eigenvalue weighted by atomic mass is 9.90. The molecule has 0 aliphatic heterocycles. The van der Waals surface area contributed by atoms with Crippen molar-refractivity contribution in [1.29, 1.82) is 0 Å². The second kappa shape index (κ2) is 14.2. The van der Waals surface area contributed by atoms with Crippen LogP contribution in [0, 0.1) is 6.92 Å². The molecule has 11 aromatic rings. The van der Waals surface area contributed by atoms with Crippen molar-refractivity contribution in [2.75, 3.05) is 0 Å². The van der Waals surface area contributed by atoms with Crippen molar-refractivity contribution < 1.29 is 17.6 Å². The molecule has 0 aliphatic carbocycles. The Kier molecular flexibility index (Phi) is 8.46. The Hall–Kier alpha value is -7.77. The van der Waals surface area contributed by atoms with Crippen molar-refractivity contribution in [3.8, 4) is 61.8 Å². The number of furan rings is 1. The number of aromatic nitrogens is 3. The first-order valence-electron chi connectivity index (χ1n) is 20.1. The van der Waals surface area contributed by atoms with Gasteiger partial charge in [0.1, 0.15) is 11.2 Å². The van der Waals surface area contributed by atoms with Gasteiger partial charge in [-0.3, -0.25) is 0 Å². The highest BCUT2D eigenvalue weighted by Crippen LogP contribution is 2.47. The lowest BCUT2D eigenvalue weighted by Gasteiger charge is -2.22. The van der Waals surface area contributed by atoms with E-state index in [1.165, 1.54) is 12.1 Å². The maximum Gasteiger partial charge on any atom is 0.416 e. The topological polar surface area (TPSA) is 43.9 Å². The fourth-order valence-electron chi connectivity index (χ4n) is 8.68. The molecule has 0 spiro atoms. The zero-order valence-electron chi connectivity index (χ0n) is 32.8. The summed E-state index contributed by atoms with van der Waals surface area (Å²) in [5.74, 6) is 0.538. The maximum atomic E-state index is 14.6. The summed E-state index contributed by atoms with van der Waals surface area (Å²) in [5.41, 5.74) is 10.9. The second-order valence-electron chi connectivity index (χ2n) is 15.3. The normalized spacial score (nSPS) is 11.9. The molecule has 292 valence electrons. The van der Waals surface area contributed by atoms with Crippen LogP contribution in [0.25, 0.3) is 106 Å². The van der Waals surface area contributed by atoms with E-state index in [4.69, 9.17) is 14.4 Å². The van der Waals surface area contributed by atoms with Crippen molar-refractivity contribution in [2.24, 2.45) is 0 Å². The lowest BCUT2D eigenvalue weighted by Crippen LogP contribution is -2.06. The Balaban J connectivity index is 1.29. The summed E-state index contributed by atoms with van der Waals surface area (Å²) >= 11 is 0. The first-order chi connectivity index (χ1) is 29.8. The fraction of sp³-hybridized carbons (Fsp3) is 0.0370. The van der Waals surface area contributed by atoms with E-state index < -0.39 is 11.7 Å². The molecule has 3 heterocycles. The van der Waals surface area contributed by atoms with Gasteiger partial charge in [0.05, 0.1) is 39.1 Å². The zero-order chi connectivity index (χ0) is 41.2. The maximum absolute atomic E-state index is 14.6. The average Bonchev–Trinajstić information content (AvgIpc) is 3.84. The molecule has 0 amide bonds. The van der Waals surface area contributed by atoms with Crippen LogP contribution in [0.5, 0.6) is 0 Å². The number of fused-ring (bicyclic) bond motifs is 7. The van der Waals surface area contributed by atoms with Crippen LogP contribution in [0.2, 0.25) is 0 Å². The summed E-state index contributed by atoms with van der Waals surface area (Å²) in [7, 11) is 0. The molecule has 4 nitrogen and oxygen atoms in total. The molecule has 0 saturated carbocycles. The van der Waals surface area contributed by atoms with Crippen LogP contribution in [0.4, 0.5) is 13.2 Å². The molecular formula is C54H34F3N3O. The van der Waals surface area contributed by atoms with Gasteiger partial charge >= 0.3 is 6.18 Å². The third kappa shape index (κ3) is 6.25. The summed E-state index contributed by atoms with van der Waals surface area (Å²) in [5, 5.41) is 3.90. The van der Waals surface area contributed by atoms with Gasteiger partial charge in [-0.25, -0.2) is 9.97 Å². The van der Waals surface area contributed by atoms with Crippen molar-refractivity contribution in [1.82, 2.24) is 14.5 Å². The molecule has 61 heavy (non-hydrogen) atoms. The minimum atomic E-state index is -4.56. The molecule has 0 N–H and O–H groups in total. The third-order valence-corrected chi connectivity index (χ3v) is 11.5. The monoisotopic (exact) mass is 797 g/mol. The molecular weight excluding hydrogens is 764 g/mol. The van der Waals surface area contributed by atoms with Gasteiger partial charge in [0.15, 0.2) is 5.82 Å². The van der Waals surface area contributed by atoms with E-state index in [0.29, 0.717) is 22.6 Å². The number of benzene rings is 8. The zero-order valence-corrected chi connectivity index (χ0v) is 32.8. The van der Waals surface area contributed by atoms with Crippen LogP contribution in [0.15, 0.2) is 192 Å². The summed E-state index contributed by atoms with van der Waals surface area (Å²) < 4.78 is 52.7. The Morgan fingerprint density at radius 1 is 0.475 bits per heavy atom. The van der Waals surface area contributed by atoms with Gasteiger partial charge in [-0.2, -0.15) is 13.2 Å². The van der Waals surface area contributed by atoms with Gasteiger partial charge in [-0.1, -0.05) is 139 Å². The Morgan fingerprint density at radius 3 is 1.80 bits per heavy atom. The highest BCUT2D eigenvalue weighted by atomic mass is 19.4. The minimum absolute atomic E-state index is 0.414. The largest absolute Gasteiger partial charge is 0.455 e. The number of halogens is 3. The van der Waals surface area contributed by atoms with Gasteiger partial charge in [0.25, 0.3) is 0 Å². The fourth-order valence-corrected chi connectivity index (χ4v) is 8.68. The number of aryl methyl sites for hydroxylation is 1. The van der Waals surface area contributed by atoms with Crippen LogP contribution in [0.1, 0.15) is 11.1 Å². The first-order valence-corrected chi connectivity index (χ1v) is 20.1. The van der Waals surface area contributed by atoms with E-state index in [0.717, 1.165) is 94.6 Å². The van der Waals surface area contributed by atoms with Gasteiger partial charge in [0, 0.05) is 44.0 Å². The average molecular weight is 798 g/mol. The van der Waals surface area contributed by atoms with Crippen molar-refractivity contribution in [2.45, 2.75) is 13.1 Å². The Bertz CT molecular complexity index is 3420. The van der Waals surface area contributed by atoms with E-state index in [1.54, 1.807) is 6.07 Å². The molecule has 0 aliphatic rings. The van der Waals surface area contributed by atoms with Gasteiger partial charge in [-0.15, -0.1) is 0 Å². The molecule has 0 fully saturated rings. The van der Waals surface area contributed by atoms with Gasteiger partial charge < -0.3 is 8.98 Å². The number of para-hydroxylation sites is 2. The van der Waals surface area contributed by atoms with Crippen LogP contribution in [-0.2, 0) is 6.18 Å². The molecule has 0 saturated heterocycles. The number of rotatable bonds is 6. The number of hydrogen-bond acceptors (Lipinski definition) is 3. The van der Waals surface area contributed by atoms with Crippen molar-refractivity contribution in [3.63, 3.8) is 0 Å². The standard InChI is InChI=1S/C54H34F3N3O/c1-33-14-12-19-36(28-33)43-30-38(46-32-45(34-15-4-2-5-16-34)58-53(59-46)35-17-6-3-7-18-35)31-44(37-20-13-21-39(29-37)54(55,56)57)51(43)60-47-24-10-8-23-42(47)50-48(60)27-26-41-40-22-9-11-25-49(40)61-52(41)50/h2-32H,1H3. The summed E-state index contributed by atoms with van der Waals surface area (Å²) in [6.07, 6.45) is -4.56. The third-order valence-electron chi connectivity index (χ3n) is 11.5. The summed E-state index contributed by atoms with van der Waals surface area (Å²) in [4.78, 5) is 10.2. The van der Waals surface area contributed by atoms with Crippen molar-refractivity contribution >= 4 is 43.7 Å². The quantitative estimate of drug-likeness (QED) is 0.168. The highest BCUT2D eigenvalue weighted by Gasteiger charge is 2.31. The van der Waals surface area contributed by atoms with Gasteiger partial charge in [0.2, 0.25) is 0 Å². The smallest absolute Gasteiger partial charge is 0.416 e. The van der Waals surface area contributed by atoms with Crippen LogP contribution < -0.4 is 0 Å². The molecule has 7 heteroatoms. The van der Waals surface area contributed by atoms with E-state index in [2.05, 4.69) is 53.1 Å².